The fourth-order valence-corrected chi connectivity index (χ4v) is 2.55. The van der Waals surface area contributed by atoms with E-state index < -0.39 is 0 Å². The average Bonchev–Trinajstić information content (AvgIpc) is 2.90. The number of ketones is 1. The maximum atomic E-state index is 12.1. The van der Waals surface area contributed by atoms with E-state index in [1.165, 1.54) is 11.3 Å². The minimum absolute atomic E-state index is 0.0733. The molecule has 2 N–H and O–H groups in total. The van der Waals surface area contributed by atoms with Crippen molar-refractivity contribution in [3.8, 4) is 0 Å². The maximum absolute atomic E-state index is 12.1. The van der Waals surface area contributed by atoms with Crippen LogP contribution < -0.4 is 5.73 Å². The summed E-state index contributed by atoms with van der Waals surface area (Å²) < 4.78 is 1.63. The summed E-state index contributed by atoms with van der Waals surface area (Å²) in [6.07, 6.45) is 0.198. The molecule has 0 aromatic carbocycles. The van der Waals surface area contributed by atoms with Crippen LogP contribution in [-0.2, 0) is 20.0 Å². The Morgan fingerprint density at radius 1 is 1.61 bits per heavy atom. The Balaban J connectivity index is 2.21. The summed E-state index contributed by atoms with van der Waals surface area (Å²) in [5.74, 6) is -0.0733. The molecule has 18 heavy (non-hydrogen) atoms. The number of Topliss-reactive ketones (excluding diaryl/α,β-unsaturated/α-hetero) is 1. The first-order valence-electron chi connectivity index (χ1n) is 5.38. The summed E-state index contributed by atoms with van der Waals surface area (Å²) in [5.41, 5.74) is 7.34. The third kappa shape index (κ3) is 2.45. The normalized spacial score (nSPS) is 10.9. The van der Waals surface area contributed by atoms with Crippen LogP contribution in [-0.4, -0.2) is 20.5 Å². The van der Waals surface area contributed by atoms with Gasteiger partial charge in [0.1, 0.15) is 10.7 Å². The number of nitrogens with zero attached hydrogens (tertiary/aromatic N) is 3. The second-order valence-electron chi connectivity index (χ2n) is 3.90. The standard InChI is InChI=1S/C11H13ClN4OS/c1-6-11(12)8(16(2)15-6)3-9(17)7-5-18-10(4-13)14-7/h5H,3-4,13H2,1-2H3. The predicted octanol–water partition coefficient (Wildman–Crippen LogP) is 1.72. The van der Waals surface area contributed by atoms with Gasteiger partial charge in [0, 0.05) is 19.0 Å². The summed E-state index contributed by atoms with van der Waals surface area (Å²) in [5, 5.41) is 7.19. The summed E-state index contributed by atoms with van der Waals surface area (Å²) in [7, 11) is 1.77. The molecule has 0 aliphatic carbocycles. The van der Waals surface area contributed by atoms with E-state index in [0.717, 1.165) is 10.7 Å². The topological polar surface area (TPSA) is 73.8 Å². The molecule has 2 aromatic heterocycles. The molecule has 0 fully saturated rings. The van der Waals surface area contributed by atoms with E-state index in [0.29, 0.717) is 23.0 Å². The van der Waals surface area contributed by atoms with Gasteiger partial charge in [-0.2, -0.15) is 5.10 Å². The third-order valence-electron chi connectivity index (χ3n) is 2.60. The van der Waals surface area contributed by atoms with Crippen LogP contribution in [0, 0.1) is 6.92 Å². The number of carbonyl (C=O) groups excluding carboxylic acids is 1. The fraction of sp³-hybridized carbons (Fsp3) is 0.364. The summed E-state index contributed by atoms with van der Waals surface area (Å²) in [4.78, 5) is 16.2. The van der Waals surface area contributed by atoms with Gasteiger partial charge < -0.3 is 5.73 Å². The van der Waals surface area contributed by atoms with Gasteiger partial charge in [0.2, 0.25) is 0 Å². The first-order chi connectivity index (χ1) is 8.52. The van der Waals surface area contributed by atoms with Gasteiger partial charge in [0.15, 0.2) is 5.78 Å². The second kappa shape index (κ2) is 5.17. The largest absolute Gasteiger partial charge is 0.325 e. The minimum Gasteiger partial charge on any atom is -0.325 e. The zero-order valence-corrected chi connectivity index (χ0v) is 11.7. The molecule has 0 spiro atoms. The summed E-state index contributed by atoms with van der Waals surface area (Å²) in [6, 6.07) is 0. The molecule has 2 heterocycles. The smallest absolute Gasteiger partial charge is 0.188 e. The third-order valence-corrected chi connectivity index (χ3v) is 3.96. The van der Waals surface area contributed by atoms with Crippen molar-refractivity contribution < 1.29 is 4.79 Å². The van der Waals surface area contributed by atoms with E-state index in [-0.39, 0.29) is 12.2 Å². The van der Waals surface area contributed by atoms with Gasteiger partial charge in [0.25, 0.3) is 0 Å². The van der Waals surface area contributed by atoms with Crippen LogP contribution in [0.2, 0.25) is 5.02 Å². The molecule has 2 rings (SSSR count). The molecule has 96 valence electrons. The van der Waals surface area contributed by atoms with Crippen molar-refractivity contribution in [1.82, 2.24) is 14.8 Å². The number of hydrogen-bond acceptors (Lipinski definition) is 5. The molecule has 0 unspecified atom stereocenters. The number of aromatic nitrogens is 3. The van der Waals surface area contributed by atoms with Gasteiger partial charge in [0.05, 0.1) is 22.8 Å². The molecule has 0 bridgehead atoms. The zero-order chi connectivity index (χ0) is 13.3. The fourth-order valence-electron chi connectivity index (χ4n) is 1.65. The van der Waals surface area contributed by atoms with E-state index >= 15 is 0 Å². The lowest BCUT2D eigenvalue weighted by molar-refractivity contribution is 0.0986. The first-order valence-corrected chi connectivity index (χ1v) is 6.64. The molecule has 0 radical (unpaired) electrons. The van der Waals surface area contributed by atoms with Crippen LogP contribution in [0.4, 0.5) is 0 Å². The Morgan fingerprint density at radius 3 is 2.83 bits per heavy atom. The number of nitrogens with two attached hydrogens (primary N) is 1. The van der Waals surface area contributed by atoms with Crippen molar-refractivity contribution in [3.05, 3.63) is 32.5 Å². The Bertz CT molecular complexity index is 590. The molecule has 0 aliphatic rings. The van der Waals surface area contributed by atoms with Crippen molar-refractivity contribution in [3.63, 3.8) is 0 Å². The van der Waals surface area contributed by atoms with Crippen LogP contribution in [0.1, 0.15) is 26.9 Å². The van der Waals surface area contributed by atoms with Gasteiger partial charge in [-0.05, 0) is 6.92 Å². The van der Waals surface area contributed by atoms with Crippen molar-refractivity contribution in [2.45, 2.75) is 19.9 Å². The summed E-state index contributed by atoms with van der Waals surface area (Å²) in [6.45, 7) is 2.16. The van der Waals surface area contributed by atoms with E-state index in [2.05, 4.69) is 10.1 Å². The predicted molar refractivity (Wildman–Crippen MR) is 71.0 cm³/mol. The zero-order valence-electron chi connectivity index (χ0n) is 10.1. The van der Waals surface area contributed by atoms with Crippen LogP contribution >= 0.6 is 22.9 Å². The van der Waals surface area contributed by atoms with E-state index in [1.807, 2.05) is 6.92 Å². The lowest BCUT2D eigenvalue weighted by atomic mass is 10.2. The van der Waals surface area contributed by atoms with Gasteiger partial charge in [-0.1, -0.05) is 11.6 Å². The monoisotopic (exact) mass is 284 g/mol. The molecule has 0 amide bonds. The van der Waals surface area contributed by atoms with Crippen molar-refractivity contribution in [2.75, 3.05) is 0 Å². The van der Waals surface area contributed by atoms with Gasteiger partial charge in [-0.3, -0.25) is 9.48 Å². The second-order valence-corrected chi connectivity index (χ2v) is 5.22. The molecule has 0 atom stereocenters. The molecule has 2 aromatic rings. The Labute approximate surface area is 114 Å². The maximum Gasteiger partial charge on any atom is 0.188 e. The minimum atomic E-state index is -0.0733. The number of carbonyl (C=O) groups is 1. The van der Waals surface area contributed by atoms with Gasteiger partial charge >= 0.3 is 0 Å². The van der Waals surface area contributed by atoms with E-state index in [9.17, 15) is 4.79 Å². The lowest BCUT2D eigenvalue weighted by Gasteiger charge is -2.00. The lowest BCUT2D eigenvalue weighted by Crippen LogP contribution is -2.09. The van der Waals surface area contributed by atoms with Crippen molar-refractivity contribution in [2.24, 2.45) is 12.8 Å². The highest BCUT2D eigenvalue weighted by Crippen LogP contribution is 2.21. The van der Waals surface area contributed by atoms with Crippen LogP contribution in [0.15, 0.2) is 5.38 Å². The van der Waals surface area contributed by atoms with Crippen LogP contribution in [0.5, 0.6) is 0 Å². The molecule has 0 aliphatic heterocycles. The highest BCUT2D eigenvalue weighted by Gasteiger charge is 2.17. The van der Waals surface area contributed by atoms with Gasteiger partial charge in [-0.25, -0.2) is 4.98 Å². The molecular formula is C11H13ClN4OS. The number of rotatable bonds is 4. The highest BCUT2D eigenvalue weighted by atomic mass is 35.5. The summed E-state index contributed by atoms with van der Waals surface area (Å²) >= 11 is 7.49. The van der Waals surface area contributed by atoms with Crippen LogP contribution in [0.3, 0.4) is 0 Å². The number of aryl methyl sites for hydroxylation is 2. The molecule has 7 heteroatoms. The van der Waals surface area contributed by atoms with Crippen LogP contribution in [0.25, 0.3) is 0 Å². The SMILES string of the molecule is Cc1nn(C)c(CC(=O)c2csc(CN)n2)c1Cl. The molecular weight excluding hydrogens is 272 g/mol. The number of halogens is 1. The van der Waals surface area contributed by atoms with E-state index in [1.54, 1.807) is 17.1 Å². The Hall–Kier alpha value is -1.24. The Kier molecular flexibility index (Phi) is 3.79. The van der Waals surface area contributed by atoms with Crippen molar-refractivity contribution in [1.29, 1.82) is 0 Å². The quantitative estimate of drug-likeness (QED) is 0.868. The first kappa shape index (κ1) is 13.2. The number of thiazole rings is 1. The van der Waals surface area contributed by atoms with E-state index in [4.69, 9.17) is 17.3 Å². The Morgan fingerprint density at radius 2 is 2.33 bits per heavy atom. The average molecular weight is 285 g/mol. The number of hydrogen-bond donors (Lipinski definition) is 1. The molecule has 5 nitrogen and oxygen atoms in total. The highest BCUT2D eigenvalue weighted by molar-refractivity contribution is 7.09. The van der Waals surface area contributed by atoms with Gasteiger partial charge in [-0.15, -0.1) is 11.3 Å². The molecule has 0 saturated carbocycles. The van der Waals surface area contributed by atoms with Crippen molar-refractivity contribution >= 4 is 28.7 Å². The molecule has 0 saturated heterocycles.